The Bertz CT molecular complexity index is 1740. The number of H-pyrrole nitrogens is 1. The summed E-state index contributed by atoms with van der Waals surface area (Å²) in [6.45, 7) is 7.46. The number of nitrogens with one attached hydrogen (secondary N) is 1. The molecular weight excluding hydrogens is 540 g/mol. The topological polar surface area (TPSA) is 110 Å². The predicted molar refractivity (Wildman–Crippen MR) is 139 cm³/mol. The van der Waals surface area contributed by atoms with Crippen LogP contribution in [0.15, 0.2) is 43.0 Å². The fraction of sp³-hybridized carbons (Fsp3) is 0.296. The number of benzene rings is 1. The molecule has 3 aliphatic rings. The summed E-state index contributed by atoms with van der Waals surface area (Å²) in [5.74, 6) is -0.912. The molecule has 1 aromatic carbocycles. The van der Waals surface area contributed by atoms with E-state index < -0.39 is 17.2 Å². The third-order valence-electron chi connectivity index (χ3n) is 7.97. The lowest BCUT2D eigenvalue weighted by Crippen LogP contribution is -2.39. The number of fused-ring (bicyclic) bond motifs is 1. The van der Waals surface area contributed by atoms with Gasteiger partial charge in [-0.2, -0.15) is 4.68 Å². The molecule has 4 aromatic rings. The summed E-state index contributed by atoms with van der Waals surface area (Å²) in [7, 11) is 0. The first kappa shape index (κ1) is 24.5. The molecule has 7 rings (SSSR count). The highest BCUT2D eigenvalue weighted by Crippen LogP contribution is 2.50. The number of halogens is 3. The molecule has 10 nitrogen and oxygen atoms in total. The van der Waals surface area contributed by atoms with Crippen LogP contribution in [0.25, 0.3) is 27.4 Å². The molecule has 0 bridgehead atoms. The minimum absolute atomic E-state index is 0.0643. The molecule has 0 radical (unpaired) electrons. The number of hydrogen-bond acceptors (Lipinski definition) is 6. The maximum absolute atomic E-state index is 15.4. The van der Waals surface area contributed by atoms with Crippen molar-refractivity contribution < 1.29 is 13.6 Å². The minimum atomic E-state index is -0.876. The van der Waals surface area contributed by atoms with Gasteiger partial charge in [-0.25, -0.2) is 25.3 Å². The third kappa shape index (κ3) is 3.72. The second kappa shape index (κ2) is 9.02. The van der Waals surface area contributed by atoms with E-state index in [4.69, 9.17) is 18.2 Å². The molecule has 0 spiro atoms. The molecule has 1 N–H and O–H groups in total. The third-order valence-corrected chi connectivity index (χ3v) is 8.26. The van der Waals surface area contributed by atoms with Crippen LogP contribution in [-0.2, 0) is 10.3 Å². The number of imidazole rings is 1. The Balaban J connectivity index is 1.20. The Morgan fingerprint density at radius 3 is 2.75 bits per heavy atom. The average molecular weight is 560 g/mol. The van der Waals surface area contributed by atoms with Crippen LogP contribution in [0.1, 0.15) is 55.2 Å². The summed E-state index contributed by atoms with van der Waals surface area (Å²) in [5.41, 5.74) is 1.11. The molecule has 2 aliphatic heterocycles. The van der Waals surface area contributed by atoms with E-state index in [0.717, 1.165) is 0 Å². The summed E-state index contributed by atoms with van der Waals surface area (Å²) < 4.78 is 32.1. The summed E-state index contributed by atoms with van der Waals surface area (Å²) >= 11 is 6.11. The van der Waals surface area contributed by atoms with E-state index in [1.54, 1.807) is 17.0 Å². The van der Waals surface area contributed by atoms with E-state index in [1.807, 2.05) is 0 Å². The van der Waals surface area contributed by atoms with Crippen LogP contribution in [-0.4, -0.2) is 52.0 Å². The minimum Gasteiger partial charge on any atom is -0.340 e. The lowest BCUT2D eigenvalue weighted by molar-refractivity contribution is -0.129. The van der Waals surface area contributed by atoms with Crippen molar-refractivity contribution >= 4 is 23.1 Å². The van der Waals surface area contributed by atoms with Crippen LogP contribution in [0.3, 0.4) is 0 Å². The van der Waals surface area contributed by atoms with E-state index in [9.17, 15) is 4.79 Å². The molecule has 1 saturated carbocycles. The van der Waals surface area contributed by atoms with Gasteiger partial charge in [0.2, 0.25) is 5.91 Å². The van der Waals surface area contributed by atoms with Crippen molar-refractivity contribution in [2.45, 2.75) is 49.7 Å². The van der Waals surface area contributed by atoms with Crippen LogP contribution in [0.5, 0.6) is 0 Å². The van der Waals surface area contributed by atoms with Gasteiger partial charge in [0.25, 0.3) is 5.54 Å². The number of aromatic nitrogens is 7. The summed E-state index contributed by atoms with van der Waals surface area (Å²) in [5, 5.41) is 11.1. The second-order valence-electron chi connectivity index (χ2n) is 10.2. The number of rotatable bonds is 5. The molecule has 0 unspecified atom stereocenters. The number of aromatic amines is 1. The molecule has 1 amide bonds. The van der Waals surface area contributed by atoms with Gasteiger partial charge in [-0.3, -0.25) is 4.79 Å². The van der Waals surface area contributed by atoms with Crippen LogP contribution >= 0.6 is 11.6 Å². The SMILES string of the molecule is [C-]#[N+]C1(c2nccc(-c3cnc([C@@H]4CC[C@@H]5CC(c6c(-n7cnnn7)ccc(Cl)c6F)=CC(=O)N54)[nH]3)c2F)CC1. The average Bonchev–Trinajstić information content (AvgIpc) is 3.34. The van der Waals surface area contributed by atoms with E-state index in [2.05, 4.69) is 35.3 Å². The molecule has 1 saturated heterocycles. The number of pyridine rings is 1. The highest BCUT2D eigenvalue weighted by atomic mass is 35.5. The quantitative estimate of drug-likeness (QED) is 0.352. The maximum atomic E-state index is 15.4. The number of carbonyl (C=O) groups is 1. The highest BCUT2D eigenvalue weighted by molar-refractivity contribution is 6.31. The molecule has 40 heavy (non-hydrogen) atoms. The van der Waals surface area contributed by atoms with Crippen molar-refractivity contribution in [2.75, 3.05) is 0 Å². The van der Waals surface area contributed by atoms with Crippen molar-refractivity contribution in [3.63, 3.8) is 0 Å². The zero-order chi connectivity index (χ0) is 27.6. The van der Waals surface area contributed by atoms with Gasteiger partial charge in [-0.1, -0.05) is 11.6 Å². The largest absolute Gasteiger partial charge is 0.340 e. The summed E-state index contributed by atoms with van der Waals surface area (Å²) in [6, 6.07) is 4.05. The van der Waals surface area contributed by atoms with Crippen molar-refractivity contribution in [3.8, 4) is 16.9 Å². The van der Waals surface area contributed by atoms with Gasteiger partial charge in [-0.15, -0.1) is 5.10 Å². The first-order valence-corrected chi connectivity index (χ1v) is 13.1. The van der Waals surface area contributed by atoms with Gasteiger partial charge < -0.3 is 14.7 Å². The molecule has 2 fully saturated rings. The van der Waals surface area contributed by atoms with Crippen molar-refractivity contribution in [1.29, 1.82) is 0 Å². The molecule has 13 heteroatoms. The Morgan fingerprint density at radius 1 is 1.15 bits per heavy atom. The monoisotopic (exact) mass is 559 g/mol. The van der Waals surface area contributed by atoms with E-state index >= 15 is 8.78 Å². The lowest BCUT2D eigenvalue weighted by Gasteiger charge is -2.33. The van der Waals surface area contributed by atoms with Gasteiger partial charge in [0.15, 0.2) is 17.3 Å². The zero-order valence-corrected chi connectivity index (χ0v) is 21.6. The molecule has 5 heterocycles. The first-order valence-electron chi connectivity index (χ1n) is 12.7. The van der Waals surface area contributed by atoms with Gasteiger partial charge in [0.05, 0.1) is 28.6 Å². The van der Waals surface area contributed by atoms with E-state index in [1.165, 1.54) is 35.5 Å². The molecular formula is C27H20ClF2N9O. The van der Waals surface area contributed by atoms with Crippen LogP contribution in [0.2, 0.25) is 5.02 Å². The number of carbonyl (C=O) groups excluding carboxylic acids is 1. The van der Waals surface area contributed by atoms with Crippen LogP contribution < -0.4 is 0 Å². The van der Waals surface area contributed by atoms with Crippen molar-refractivity contribution in [2.24, 2.45) is 0 Å². The van der Waals surface area contributed by atoms with Crippen LogP contribution in [0.4, 0.5) is 8.78 Å². The summed E-state index contributed by atoms with van der Waals surface area (Å²) in [4.78, 5) is 30.7. The Morgan fingerprint density at radius 2 is 2.00 bits per heavy atom. The van der Waals surface area contributed by atoms with Crippen LogP contribution in [0, 0.1) is 18.2 Å². The number of amides is 1. The zero-order valence-electron chi connectivity index (χ0n) is 20.9. The van der Waals surface area contributed by atoms with Gasteiger partial charge in [-0.05, 0) is 53.5 Å². The summed E-state index contributed by atoms with van der Waals surface area (Å²) in [6.07, 6.45) is 8.71. The standard InChI is InChI=1S/C27H20ClF2N9O/c1-31-27(7-8-27)25-23(29)16(6-9-32-25)18-12-33-26(35-18)20-4-2-15-10-14(11-21(40)39(15)20)22-19(38-13-34-36-37-38)5-3-17(28)24(22)30/h3,5-6,9,11-13,15,20H,2,4,7-8,10H2,(H,33,35)/t15-,20+/m1/s1. The van der Waals surface area contributed by atoms with Gasteiger partial charge in [0.1, 0.15) is 12.2 Å². The maximum Gasteiger partial charge on any atom is 0.277 e. The molecule has 2 atom stereocenters. The Kier molecular flexibility index (Phi) is 5.54. The van der Waals surface area contributed by atoms with E-state index in [-0.39, 0.29) is 39.8 Å². The second-order valence-corrected chi connectivity index (χ2v) is 10.6. The lowest BCUT2D eigenvalue weighted by atomic mass is 9.92. The van der Waals surface area contributed by atoms with Gasteiger partial charge in [0, 0.05) is 42.3 Å². The molecule has 3 aromatic heterocycles. The number of hydrogen-bond donors (Lipinski definition) is 1. The smallest absolute Gasteiger partial charge is 0.277 e. The molecule has 200 valence electrons. The Labute approximate surface area is 231 Å². The van der Waals surface area contributed by atoms with Crippen molar-refractivity contribution in [3.05, 3.63) is 88.2 Å². The van der Waals surface area contributed by atoms with Crippen molar-refractivity contribution in [1.82, 2.24) is 40.1 Å². The Hall–Kier alpha value is -4.50. The number of nitrogens with zero attached hydrogens (tertiary/aromatic N) is 8. The molecule has 1 aliphatic carbocycles. The van der Waals surface area contributed by atoms with E-state index in [0.29, 0.717) is 54.9 Å². The highest BCUT2D eigenvalue weighted by Gasteiger charge is 2.56. The fourth-order valence-corrected chi connectivity index (χ4v) is 6.00. The first-order chi connectivity index (χ1) is 19.4. The van der Waals surface area contributed by atoms with Gasteiger partial charge >= 0.3 is 0 Å². The normalized spacial score (nSPS) is 21.2. The predicted octanol–water partition coefficient (Wildman–Crippen LogP) is 4.81. The number of tetrazole rings is 1. The fourth-order valence-electron chi connectivity index (χ4n) is 5.84.